The fourth-order valence-electron chi connectivity index (χ4n) is 0.948. The first-order valence-corrected chi connectivity index (χ1v) is 4.06. The number of nitrogens with one attached hydrogen (secondary N) is 2. The van der Waals surface area contributed by atoms with E-state index in [4.69, 9.17) is 0 Å². The maximum absolute atomic E-state index is 3.74. The Bertz CT molecular complexity index is 190. The van der Waals surface area contributed by atoms with Crippen molar-refractivity contribution in [3.63, 3.8) is 0 Å². The summed E-state index contributed by atoms with van der Waals surface area (Å²) in [5, 5.41) is 6.06. The van der Waals surface area contributed by atoms with Crippen LogP contribution in [0.5, 0.6) is 0 Å². The van der Waals surface area contributed by atoms with Gasteiger partial charge in [-0.3, -0.25) is 0 Å². The monoisotopic (exact) mass is 166 g/mol. The van der Waals surface area contributed by atoms with Gasteiger partial charge < -0.3 is 10.6 Å². The van der Waals surface area contributed by atoms with E-state index in [0.717, 1.165) is 6.54 Å². The van der Waals surface area contributed by atoms with Crippen LogP contribution in [0.1, 0.15) is 6.92 Å². The minimum absolute atomic E-state index is 0.860. The summed E-state index contributed by atoms with van der Waals surface area (Å²) in [6.45, 7) is 6.65. The third-order valence-electron chi connectivity index (χ3n) is 1.43. The fraction of sp³-hybridized carbons (Fsp3) is 0.400. The van der Waals surface area contributed by atoms with Crippen molar-refractivity contribution in [1.82, 2.24) is 10.6 Å². The van der Waals surface area contributed by atoms with Gasteiger partial charge in [0.15, 0.2) is 0 Å². The molecule has 0 saturated carbocycles. The zero-order valence-electron chi connectivity index (χ0n) is 8.15. The van der Waals surface area contributed by atoms with Crippen LogP contribution in [0.15, 0.2) is 36.1 Å². The molecule has 0 rings (SSSR count). The average molecular weight is 166 g/mol. The molecule has 68 valence electrons. The lowest BCUT2D eigenvalue weighted by Gasteiger charge is -2.00. The van der Waals surface area contributed by atoms with E-state index in [2.05, 4.69) is 30.2 Å². The molecule has 0 heterocycles. The molecule has 0 aliphatic rings. The Morgan fingerprint density at radius 1 is 1.42 bits per heavy atom. The second-order valence-electron chi connectivity index (χ2n) is 2.63. The standard InChI is InChI=1S/C10H18N2/c1-5-10(8-12-4)6-9(2)7-11-3/h5-7,11-12H,1,8H2,2-4H3/b9-7-,10-6-. The number of rotatable bonds is 5. The van der Waals surface area contributed by atoms with Crippen LogP contribution in [0, 0.1) is 0 Å². The molecule has 0 amide bonds. The predicted octanol–water partition coefficient (Wildman–Crippen LogP) is 1.44. The molecule has 2 nitrogen and oxygen atoms in total. The highest BCUT2D eigenvalue weighted by Crippen LogP contribution is 2.00. The summed E-state index contributed by atoms with van der Waals surface area (Å²) in [6.07, 6.45) is 5.92. The quantitative estimate of drug-likeness (QED) is 0.604. The van der Waals surface area contributed by atoms with Crippen molar-refractivity contribution in [2.45, 2.75) is 6.92 Å². The Balaban J connectivity index is 4.26. The summed E-state index contributed by atoms with van der Waals surface area (Å²) in [4.78, 5) is 0. The van der Waals surface area contributed by atoms with Crippen molar-refractivity contribution in [1.29, 1.82) is 0 Å². The number of hydrogen-bond donors (Lipinski definition) is 2. The van der Waals surface area contributed by atoms with Gasteiger partial charge in [-0.1, -0.05) is 18.7 Å². The molecule has 0 atom stereocenters. The largest absolute Gasteiger partial charge is 0.394 e. The second-order valence-corrected chi connectivity index (χ2v) is 2.63. The van der Waals surface area contributed by atoms with Gasteiger partial charge in [0.1, 0.15) is 0 Å². The van der Waals surface area contributed by atoms with Crippen LogP contribution in [-0.4, -0.2) is 20.6 Å². The van der Waals surface area contributed by atoms with Gasteiger partial charge in [0.2, 0.25) is 0 Å². The van der Waals surface area contributed by atoms with Gasteiger partial charge in [-0.25, -0.2) is 0 Å². The highest BCUT2D eigenvalue weighted by atomic mass is 14.8. The molecule has 0 aliphatic heterocycles. The van der Waals surface area contributed by atoms with Crippen LogP contribution in [0.25, 0.3) is 0 Å². The molecule has 0 aromatic carbocycles. The van der Waals surface area contributed by atoms with E-state index in [-0.39, 0.29) is 0 Å². The van der Waals surface area contributed by atoms with Gasteiger partial charge in [0.05, 0.1) is 0 Å². The molecule has 0 aromatic heterocycles. The van der Waals surface area contributed by atoms with E-state index in [0.29, 0.717) is 0 Å². The Hall–Kier alpha value is -1.02. The lowest BCUT2D eigenvalue weighted by atomic mass is 10.2. The highest BCUT2D eigenvalue weighted by Gasteiger charge is 1.89. The molecule has 0 fully saturated rings. The van der Waals surface area contributed by atoms with Crippen LogP contribution in [-0.2, 0) is 0 Å². The molecule has 0 spiro atoms. The molecule has 12 heavy (non-hydrogen) atoms. The van der Waals surface area contributed by atoms with Gasteiger partial charge in [-0.05, 0) is 31.3 Å². The normalized spacial score (nSPS) is 12.9. The van der Waals surface area contributed by atoms with Crippen molar-refractivity contribution in [3.8, 4) is 0 Å². The first kappa shape index (κ1) is 11.0. The molecular weight excluding hydrogens is 148 g/mol. The topological polar surface area (TPSA) is 24.1 Å². The fourth-order valence-corrected chi connectivity index (χ4v) is 0.948. The van der Waals surface area contributed by atoms with E-state index in [1.807, 2.05) is 26.4 Å². The first-order chi connectivity index (χ1) is 5.74. The first-order valence-electron chi connectivity index (χ1n) is 4.06. The summed E-state index contributed by atoms with van der Waals surface area (Å²) < 4.78 is 0. The van der Waals surface area contributed by atoms with Crippen molar-refractivity contribution in [2.75, 3.05) is 20.6 Å². The zero-order valence-corrected chi connectivity index (χ0v) is 8.15. The maximum atomic E-state index is 3.74. The molecule has 0 aliphatic carbocycles. The summed E-state index contributed by atoms with van der Waals surface area (Å²) >= 11 is 0. The smallest absolute Gasteiger partial charge is 0.0202 e. The summed E-state index contributed by atoms with van der Waals surface area (Å²) in [6, 6.07) is 0. The Morgan fingerprint density at radius 3 is 2.50 bits per heavy atom. The highest BCUT2D eigenvalue weighted by molar-refractivity contribution is 5.28. The molecule has 0 bridgehead atoms. The number of hydrogen-bond acceptors (Lipinski definition) is 2. The van der Waals surface area contributed by atoms with Gasteiger partial charge in [-0.15, -0.1) is 0 Å². The Morgan fingerprint density at radius 2 is 2.08 bits per heavy atom. The van der Waals surface area contributed by atoms with Crippen molar-refractivity contribution >= 4 is 0 Å². The molecule has 2 N–H and O–H groups in total. The van der Waals surface area contributed by atoms with E-state index >= 15 is 0 Å². The molecular formula is C10H18N2. The van der Waals surface area contributed by atoms with Gasteiger partial charge in [-0.2, -0.15) is 0 Å². The second kappa shape index (κ2) is 6.68. The van der Waals surface area contributed by atoms with Crippen LogP contribution < -0.4 is 10.6 Å². The average Bonchev–Trinajstić information content (AvgIpc) is 2.04. The Kier molecular flexibility index (Phi) is 6.11. The lowest BCUT2D eigenvalue weighted by molar-refractivity contribution is 0.894. The SMILES string of the molecule is C=C/C(=C/C(C)=C\NC)CNC. The third kappa shape index (κ3) is 4.74. The van der Waals surface area contributed by atoms with E-state index in [1.54, 1.807) is 0 Å². The van der Waals surface area contributed by atoms with Gasteiger partial charge >= 0.3 is 0 Å². The van der Waals surface area contributed by atoms with E-state index in [1.165, 1.54) is 11.1 Å². The minimum atomic E-state index is 0.860. The van der Waals surface area contributed by atoms with Crippen molar-refractivity contribution < 1.29 is 0 Å². The summed E-state index contributed by atoms with van der Waals surface area (Å²) in [7, 11) is 3.82. The minimum Gasteiger partial charge on any atom is -0.394 e. The van der Waals surface area contributed by atoms with Crippen LogP contribution in [0.4, 0.5) is 0 Å². The maximum Gasteiger partial charge on any atom is 0.0202 e. The molecule has 0 aromatic rings. The molecule has 0 unspecified atom stereocenters. The lowest BCUT2D eigenvalue weighted by Crippen LogP contribution is -2.09. The molecule has 0 radical (unpaired) electrons. The van der Waals surface area contributed by atoms with Crippen molar-refractivity contribution in [2.24, 2.45) is 0 Å². The van der Waals surface area contributed by atoms with Gasteiger partial charge in [0.25, 0.3) is 0 Å². The summed E-state index contributed by atoms with van der Waals surface area (Å²) in [5.74, 6) is 0. The van der Waals surface area contributed by atoms with E-state index in [9.17, 15) is 0 Å². The van der Waals surface area contributed by atoms with E-state index < -0.39 is 0 Å². The third-order valence-corrected chi connectivity index (χ3v) is 1.43. The van der Waals surface area contributed by atoms with Crippen LogP contribution in [0.2, 0.25) is 0 Å². The Labute approximate surface area is 75.1 Å². The molecule has 2 heteroatoms. The number of allylic oxidation sites excluding steroid dienone is 2. The zero-order chi connectivity index (χ0) is 9.40. The number of likely N-dealkylation sites (N-methyl/N-ethyl adjacent to an activating group) is 1. The summed E-state index contributed by atoms with van der Waals surface area (Å²) in [5.41, 5.74) is 2.39. The van der Waals surface area contributed by atoms with Crippen molar-refractivity contribution in [3.05, 3.63) is 36.1 Å². The van der Waals surface area contributed by atoms with Gasteiger partial charge in [0, 0.05) is 13.6 Å². The van der Waals surface area contributed by atoms with Crippen LogP contribution >= 0.6 is 0 Å². The van der Waals surface area contributed by atoms with Crippen LogP contribution in [0.3, 0.4) is 0 Å². The predicted molar refractivity (Wildman–Crippen MR) is 55.0 cm³/mol. The molecule has 0 saturated heterocycles.